The van der Waals surface area contributed by atoms with E-state index in [9.17, 15) is 24.7 Å². The highest BCUT2D eigenvalue weighted by Crippen LogP contribution is 2.41. The Morgan fingerprint density at radius 2 is 1.45 bits per heavy atom. The van der Waals surface area contributed by atoms with Crippen LogP contribution < -0.4 is 10.5 Å². The molecule has 1 aliphatic carbocycles. The van der Waals surface area contributed by atoms with Crippen LogP contribution in [0.15, 0.2) is 72.8 Å². The summed E-state index contributed by atoms with van der Waals surface area (Å²) in [6.07, 6.45) is 0.0634. The van der Waals surface area contributed by atoms with Crippen molar-refractivity contribution < 1.29 is 25.0 Å². The van der Waals surface area contributed by atoms with Crippen molar-refractivity contribution in [1.82, 2.24) is 4.98 Å². The minimum atomic E-state index is -1.10. The molecule has 0 saturated carbocycles. The number of pyridine rings is 1. The number of ketones is 2. The number of fused-ring (bicyclic) bond motifs is 3. The van der Waals surface area contributed by atoms with E-state index in [0.29, 0.717) is 57.5 Å². The molecule has 240 valence electrons. The molecule has 8 nitrogen and oxygen atoms in total. The van der Waals surface area contributed by atoms with E-state index in [-0.39, 0.29) is 28.0 Å². The van der Waals surface area contributed by atoms with Crippen LogP contribution in [0.2, 0.25) is 0 Å². The minimum absolute atomic E-state index is 0.253. The van der Waals surface area contributed by atoms with Gasteiger partial charge in [0.05, 0.1) is 22.3 Å². The highest BCUT2D eigenvalue weighted by atomic mass is 16.3. The molecule has 2 unspecified atom stereocenters. The molecule has 2 atom stereocenters. The fraction of sp³-hybridized carbons (Fsp3) is 0.308. The highest BCUT2D eigenvalue weighted by molar-refractivity contribution is 6.31. The number of aromatic hydroxyl groups is 1. The predicted molar refractivity (Wildman–Crippen MR) is 185 cm³/mol. The molecule has 0 bridgehead atoms. The molecule has 6 rings (SSSR count). The summed E-state index contributed by atoms with van der Waals surface area (Å²) in [5.41, 5.74) is 4.65. The zero-order valence-corrected chi connectivity index (χ0v) is 27.6. The molecule has 5 aromatic rings. The second-order valence-corrected chi connectivity index (χ2v) is 14.5. The number of anilines is 1. The molecular weight excluding hydrogens is 590 g/mol. The van der Waals surface area contributed by atoms with Gasteiger partial charge in [0.15, 0.2) is 11.6 Å². The summed E-state index contributed by atoms with van der Waals surface area (Å²) in [5, 5.41) is 29.4. The molecule has 1 heterocycles. The van der Waals surface area contributed by atoms with Crippen molar-refractivity contribution >= 4 is 44.6 Å². The Morgan fingerprint density at radius 1 is 0.830 bits per heavy atom. The first-order valence-corrected chi connectivity index (χ1v) is 15.9. The lowest BCUT2D eigenvalue weighted by molar-refractivity contribution is -0.377. The van der Waals surface area contributed by atoms with E-state index in [0.717, 1.165) is 22.1 Å². The summed E-state index contributed by atoms with van der Waals surface area (Å²) >= 11 is 0. The van der Waals surface area contributed by atoms with Gasteiger partial charge in [-0.3, -0.25) is 9.59 Å². The topological polar surface area (TPSA) is 131 Å². The fourth-order valence-corrected chi connectivity index (χ4v) is 6.50. The number of carbonyl (C=O) groups is 2. The summed E-state index contributed by atoms with van der Waals surface area (Å²) in [6, 6.07) is 21.6. The predicted octanol–water partition coefficient (Wildman–Crippen LogP) is 6.69. The lowest BCUT2D eigenvalue weighted by Crippen LogP contribution is -2.55. The van der Waals surface area contributed by atoms with Crippen molar-refractivity contribution in [3.8, 4) is 5.75 Å². The van der Waals surface area contributed by atoms with E-state index < -0.39 is 12.1 Å². The number of aromatic nitrogens is 1. The zero-order chi connectivity index (χ0) is 33.8. The minimum Gasteiger partial charge on any atom is -0.507 e. The van der Waals surface area contributed by atoms with Crippen LogP contribution in [0, 0.1) is 4.91 Å². The van der Waals surface area contributed by atoms with Crippen molar-refractivity contribution in [3.05, 3.63) is 111 Å². The quantitative estimate of drug-likeness (QED) is 0.116. The number of Topliss-reactive ketones (excluding diaryl/α,β-unsaturated/α-hetero) is 2. The van der Waals surface area contributed by atoms with Crippen molar-refractivity contribution in [2.45, 2.75) is 77.4 Å². The van der Waals surface area contributed by atoms with E-state index in [1.165, 1.54) is 0 Å². The number of hydrogen-bond acceptors (Lipinski definition) is 7. The van der Waals surface area contributed by atoms with Crippen molar-refractivity contribution in [2.24, 2.45) is 0 Å². The number of phenolic OH excluding ortho intramolecular Hbond substituents is 1. The molecule has 0 aliphatic heterocycles. The van der Waals surface area contributed by atoms with Crippen LogP contribution in [0.25, 0.3) is 21.7 Å². The molecule has 4 N–H and O–H groups in total. The number of hydrogen-bond donors (Lipinski definition) is 4. The van der Waals surface area contributed by atoms with Gasteiger partial charge in [-0.2, -0.15) is 0 Å². The normalized spacial score (nSPS) is 15.7. The lowest BCUT2D eigenvalue weighted by atomic mass is 9.78. The van der Waals surface area contributed by atoms with Crippen LogP contribution >= 0.6 is 0 Å². The Balaban J connectivity index is 1.27. The van der Waals surface area contributed by atoms with E-state index in [4.69, 9.17) is 4.98 Å². The first kappa shape index (κ1) is 32.0. The molecular formula is C39H40N3O5+. The van der Waals surface area contributed by atoms with Gasteiger partial charge in [-0.15, -0.1) is 0 Å². The largest absolute Gasteiger partial charge is 0.507 e. The van der Waals surface area contributed by atoms with E-state index in [2.05, 4.69) is 46.9 Å². The van der Waals surface area contributed by atoms with Crippen LogP contribution in [0.4, 0.5) is 11.4 Å². The number of nitrogens with zero attached hydrogens (tertiary/aromatic N) is 1. The second-order valence-electron chi connectivity index (χ2n) is 14.5. The number of carbonyl (C=O) groups excluding carboxylic acids is 2. The molecule has 47 heavy (non-hydrogen) atoms. The van der Waals surface area contributed by atoms with Gasteiger partial charge in [0.25, 0.3) is 5.69 Å². The van der Waals surface area contributed by atoms with Crippen LogP contribution in [-0.4, -0.2) is 33.0 Å². The van der Waals surface area contributed by atoms with Gasteiger partial charge in [0.1, 0.15) is 17.9 Å². The molecule has 0 spiro atoms. The van der Waals surface area contributed by atoms with E-state index in [1.54, 1.807) is 36.4 Å². The van der Waals surface area contributed by atoms with E-state index >= 15 is 0 Å². The van der Waals surface area contributed by atoms with Gasteiger partial charge in [-0.05, 0) is 70.0 Å². The van der Waals surface area contributed by atoms with Crippen LogP contribution in [0.3, 0.4) is 0 Å². The van der Waals surface area contributed by atoms with E-state index in [1.807, 2.05) is 41.6 Å². The molecule has 1 aromatic heterocycles. The van der Waals surface area contributed by atoms with Crippen molar-refractivity contribution in [1.29, 1.82) is 0 Å². The second kappa shape index (κ2) is 11.7. The maximum absolute atomic E-state index is 13.6. The van der Waals surface area contributed by atoms with Crippen LogP contribution in [0.1, 0.15) is 97.0 Å². The molecule has 0 amide bonds. The van der Waals surface area contributed by atoms with Crippen molar-refractivity contribution in [2.75, 3.05) is 5.32 Å². The molecule has 0 fully saturated rings. The van der Waals surface area contributed by atoms with Gasteiger partial charge < -0.3 is 15.5 Å². The number of para-hydroxylation sites is 1. The first-order chi connectivity index (χ1) is 22.2. The molecule has 4 aromatic carbocycles. The third-order valence-electron chi connectivity index (χ3n) is 9.04. The van der Waals surface area contributed by atoms with Crippen LogP contribution in [0.5, 0.6) is 5.75 Å². The van der Waals surface area contributed by atoms with Crippen molar-refractivity contribution in [3.63, 3.8) is 0 Å². The lowest BCUT2D eigenvalue weighted by Gasteiger charge is -2.28. The average Bonchev–Trinajstić information content (AvgIpc) is 3.26. The number of benzene rings is 4. The molecule has 0 saturated heterocycles. The number of nitroso groups, excluding NO2 is 1. The maximum Gasteiger partial charge on any atom is 0.261 e. The number of aryl methyl sites for hydroxylation is 1. The standard InChI is InChI=1S/C39H39N3O5/c1-38(2,3)27-17-21(18-28(37(27)46)39(4,5)6)13-16-32(43)40-31-12-7-9-22-14-15-30(41-34(22)31)33-35(44)25-19-23-10-8-11-29(42-47)24(23)20-26(25)36(33)45/h7-12,14-15,17-20,32-33,40,43,46H,13,16H2,1-6H3/p+1. The number of aliphatic hydroxyl groups excluding tert-OH is 1. The Morgan fingerprint density at radius 3 is 2.09 bits per heavy atom. The van der Waals surface area contributed by atoms with Gasteiger partial charge >= 0.3 is 0 Å². The number of rotatable bonds is 7. The van der Waals surface area contributed by atoms with Gasteiger partial charge in [0.2, 0.25) is 0 Å². The number of phenols is 1. The van der Waals surface area contributed by atoms with Gasteiger partial charge in [0, 0.05) is 32.7 Å². The summed E-state index contributed by atoms with van der Waals surface area (Å²) in [4.78, 5) is 43.5. The first-order valence-electron chi connectivity index (χ1n) is 15.9. The Kier molecular flexibility index (Phi) is 7.96. The smallest absolute Gasteiger partial charge is 0.261 e. The average molecular weight is 631 g/mol. The summed E-state index contributed by atoms with van der Waals surface area (Å²) < 4.78 is 0. The van der Waals surface area contributed by atoms with Crippen LogP contribution in [-0.2, 0) is 17.3 Å². The summed E-state index contributed by atoms with van der Waals surface area (Å²) in [7, 11) is 0. The number of nitrogens with one attached hydrogen (secondary N) is 2. The molecule has 8 heteroatoms. The third-order valence-corrected chi connectivity index (χ3v) is 9.04. The summed E-state index contributed by atoms with van der Waals surface area (Å²) in [5.74, 6) is -1.47. The third kappa shape index (κ3) is 5.89. The summed E-state index contributed by atoms with van der Waals surface area (Å²) in [6.45, 7) is 12.5. The Labute approximate surface area is 273 Å². The van der Waals surface area contributed by atoms with Gasteiger partial charge in [-0.25, -0.2) is 4.98 Å². The highest BCUT2D eigenvalue weighted by Gasteiger charge is 2.41. The fourth-order valence-electron chi connectivity index (χ4n) is 6.50. The van der Waals surface area contributed by atoms with Gasteiger partial charge in [-0.1, -0.05) is 84.0 Å². The molecule has 1 aliphatic rings. The Hall–Kier alpha value is -4.95. The zero-order valence-electron chi connectivity index (χ0n) is 27.6. The molecule has 0 radical (unpaired) electrons. The SMILES string of the molecule is CC(C)(C)c1cc(CCC(O)Nc2cccc3ccc(C4C(=O)c5cc6cccc([NH+]=O)c6cc5C4=O)nc23)cc(C(C)(C)C)c1O. The number of aliphatic hydroxyl groups is 1. The maximum atomic E-state index is 13.6. The monoisotopic (exact) mass is 630 g/mol. The Bertz CT molecular complexity index is 2050.